The van der Waals surface area contributed by atoms with Crippen molar-refractivity contribution in [2.24, 2.45) is 0 Å². The molecule has 0 spiro atoms. The minimum atomic E-state index is -0.288. The summed E-state index contributed by atoms with van der Waals surface area (Å²) in [5, 5.41) is 4.12. The SMILES string of the molecule is COc1ccc2c(c1)c(C(=O)NNC(=S)Nc1ccccc1)c(C)n2-c1ccc(C)cc1. The molecule has 0 unspecified atom stereocenters. The van der Waals surface area contributed by atoms with Gasteiger partial charge in [-0.3, -0.25) is 15.6 Å². The number of anilines is 1. The molecule has 0 radical (unpaired) electrons. The highest BCUT2D eigenvalue weighted by atomic mass is 32.1. The number of fused-ring (bicyclic) bond motifs is 1. The van der Waals surface area contributed by atoms with Crippen molar-refractivity contribution in [3.8, 4) is 11.4 Å². The minimum Gasteiger partial charge on any atom is -0.497 e. The fourth-order valence-electron chi connectivity index (χ4n) is 3.70. The molecule has 0 saturated carbocycles. The van der Waals surface area contributed by atoms with Gasteiger partial charge in [0.05, 0.1) is 18.2 Å². The molecule has 32 heavy (non-hydrogen) atoms. The van der Waals surface area contributed by atoms with Crippen LogP contribution >= 0.6 is 12.2 Å². The van der Waals surface area contributed by atoms with Crippen molar-refractivity contribution < 1.29 is 9.53 Å². The van der Waals surface area contributed by atoms with Crippen LogP contribution in [0.15, 0.2) is 72.8 Å². The van der Waals surface area contributed by atoms with E-state index >= 15 is 0 Å². The number of carbonyl (C=O) groups excluding carboxylic acids is 1. The van der Waals surface area contributed by atoms with Gasteiger partial charge in [0, 0.05) is 22.5 Å². The van der Waals surface area contributed by atoms with Crippen LogP contribution in [-0.4, -0.2) is 22.7 Å². The Hall–Kier alpha value is -3.84. The standard InChI is InChI=1S/C25H24N4O2S/c1-16-9-11-19(12-10-16)29-17(2)23(21-15-20(31-3)13-14-22(21)29)24(30)27-28-25(32)26-18-7-5-4-6-8-18/h4-15H,1-3H3,(H,27,30)(H2,26,28,32). The number of aromatic nitrogens is 1. The van der Waals surface area contributed by atoms with Crippen LogP contribution in [0.25, 0.3) is 16.6 Å². The Morgan fingerprint density at radius 3 is 2.34 bits per heavy atom. The van der Waals surface area contributed by atoms with E-state index in [0.29, 0.717) is 16.4 Å². The van der Waals surface area contributed by atoms with Gasteiger partial charge in [-0.2, -0.15) is 0 Å². The van der Waals surface area contributed by atoms with Crippen LogP contribution in [0.2, 0.25) is 0 Å². The Bertz CT molecular complexity index is 1280. The lowest BCUT2D eigenvalue weighted by Crippen LogP contribution is -2.43. The van der Waals surface area contributed by atoms with E-state index in [0.717, 1.165) is 28.0 Å². The van der Waals surface area contributed by atoms with Gasteiger partial charge in [0.15, 0.2) is 5.11 Å². The summed E-state index contributed by atoms with van der Waals surface area (Å²) in [6.07, 6.45) is 0. The zero-order valence-corrected chi connectivity index (χ0v) is 18.9. The molecule has 1 amide bonds. The first kappa shape index (κ1) is 21.4. The summed E-state index contributed by atoms with van der Waals surface area (Å²) in [5.41, 5.74) is 10.8. The largest absolute Gasteiger partial charge is 0.497 e. The number of rotatable bonds is 4. The summed E-state index contributed by atoms with van der Waals surface area (Å²) in [4.78, 5) is 13.2. The lowest BCUT2D eigenvalue weighted by Gasteiger charge is -2.12. The molecule has 3 aromatic carbocycles. The summed E-state index contributed by atoms with van der Waals surface area (Å²) < 4.78 is 7.48. The van der Waals surface area contributed by atoms with Crippen molar-refractivity contribution in [2.45, 2.75) is 13.8 Å². The molecule has 6 nitrogen and oxygen atoms in total. The molecule has 0 fully saturated rings. The molecule has 162 valence electrons. The molecule has 0 aliphatic rings. The number of hydrogen-bond acceptors (Lipinski definition) is 3. The predicted molar refractivity (Wildman–Crippen MR) is 133 cm³/mol. The second-order valence-electron chi connectivity index (χ2n) is 7.41. The van der Waals surface area contributed by atoms with Gasteiger partial charge >= 0.3 is 0 Å². The van der Waals surface area contributed by atoms with Crippen LogP contribution in [0.1, 0.15) is 21.6 Å². The number of benzene rings is 3. The van der Waals surface area contributed by atoms with Crippen molar-refractivity contribution in [3.63, 3.8) is 0 Å². The molecule has 0 atom stereocenters. The first-order valence-electron chi connectivity index (χ1n) is 10.2. The molecular weight excluding hydrogens is 420 g/mol. The number of methoxy groups -OCH3 is 1. The normalized spacial score (nSPS) is 10.6. The predicted octanol–water partition coefficient (Wildman–Crippen LogP) is 4.89. The van der Waals surface area contributed by atoms with E-state index in [1.165, 1.54) is 5.56 Å². The van der Waals surface area contributed by atoms with Gasteiger partial charge in [-0.05, 0) is 68.5 Å². The average molecular weight is 445 g/mol. The van der Waals surface area contributed by atoms with E-state index in [1.54, 1.807) is 7.11 Å². The molecule has 0 aliphatic carbocycles. The van der Waals surface area contributed by atoms with Gasteiger partial charge in [0.25, 0.3) is 5.91 Å². The van der Waals surface area contributed by atoms with Crippen LogP contribution in [0.4, 0.5) is 5.69 Å². The lowest BCUT2D eigenvalue weighted by molar-refractivity contribution is 0.0945. The summed E-state index contributed by atoms with van der Waals surface area (Å²) in [7, 11) is 1.61. The van der Waals surface area contributed by atoms with Crippen LogP contribution in [0, 0.1) is 13.8 Å². The maximum atomic E-state index is 13.2. The molecule has 4 rings (SSSR count). The van der Waals surface area contributed by atoms with Gasteiger partial charge in [-0.25, -0.2) is 0 Å². The summed E-state index contributed by atoms with van der Waals surface area (Å²) >= 11 is 5.30. The summed E-state index contributed by atoms with van der Waals surface area (Å²) in [5.74, 6) is 0.394. The first-order chi connectivity index (χ1) is 15.5. The van der Waals surface area contributed by atoms with E-state index in [4.69, 9.17) is 17.0 Å². The van der Waals surface area contributed by atoms with Gasteiger partial charge < -0.3 is 14.6 Å². The summed E-state index contributed by atoms with van der Waals surface area (Å²) in [6.45, 7) is 3.98. The molecule has 7 heteroatoms. The van der Waals surface area contributed by atoms with E-state index < -0.39 is 0 Å². The number of hydrazine groups is 1. The lowest BCUT2D eigenvalue weighted by atomic mass is 10.1. The number of carbonyl (C=O) groups is 1. The van der Waals surface area contributed by atoms with Crippen molar-refractivity contribution >= 4 is 39.8 Å². The quantitative estimate of drug-likeness (QED) is 0.309. The van der Waals surface area contributed by atoms with Crippen molar-refractivity contribution in [1.82, 2.24) is 15.4 Å². The van der Waals surface area contributed by atoms with Crippen LogP contribution in [0.5, 0.6) is 5.75 Å². The smallest absolute Gasteiger partial charge is 0.272 e. The van der Waals surface area contributed by atoms with Crippen molar-refractivity contribution in [2.75, 3.05) is 12.4 Å². The highest BCUT2D eigenvalue weighted by Gasteiger charge is 2.21. The van der Waals surface area contributed by atoms with E-state index in [2.05, 4.69) is 32.9 Å². The second-order valence-corrected chi connectivity index (χ2v) is 7.82. The third-order valence-electron chi connectivity index (χ3n) is 5.25. The zero-order valence-electron chi connectivity index (χ0n) is 18.1. The zero-order chi connectivity index (χ0) is 22.7. The number of ether oxygens (including phenoxy) is 1. The maximum absolute atomic E-state index is 13.2. The number of hydrogen-bond donors (Lipinski definition) is 3. The topological polar surface area (TPSA) is 67.3 Å². The maximum Gasteiger partial charge on any atom is 0.272 e. The molecule has 1 heterocycles. The Morgan fingerprint density at radius 2 is 1.66 bits per heavy atom. The molecule has 1 aromatic heterocycles. The molecule has 0 bridgehead atoms. The molecule has 4 aromatic rings. The fraction of sp³-hybridized carbons (Fsp3) is 0.120. The van der Waals surface area contributed by atoms with Crippen LogP contribution in [-0.2, 0) is 0 Å². The summed E-state index contributed by atoms with van der Waals surface area (Å²) in [6, 6.07) is 23.4. The van der Waals surface area contributed by atoms with Gasteiger partial charge in [-0.15, -0.1) is 0 Å². The Labute approximate surface area is 192 Å². The first-order valence-corrected chi connectivity index (χ1v) is 10.6. The third kappa shape index (κ3) is 4.29. The minimum absolute atomic E-state index is 0.288. The average Bonchev–Trinajstić information content (AvgIpc) is 3.09. The highest BCUT2D eigenvalue weighted by Crippen LogP contribution is 2.32. The van der Waals surface area contributed by atoms with Gasteiger partial charge in [-0.1, -0.05) is 35.9 Å². The van der Waals surface area contributed by atoms with E-state index in [-0.39, 0.29) is 5.91 Å². The number of amides is 1. The number of para-hydroxylation sites is 1. The molecule has 0 saturated heterocycles. The van der Waals surface area contributed by atoms with Crippen molar-refractivity contribution in [1.29, 1.82) is 0 Å². The Balaban J connectivity index is 1.66. The molecule has 3 N–H and O–H groups in total. The number of nitrogens with zero attached hydrogens (tertiary/aromatic N) is 1. The van der Waals surface area contributed by atoms with E-state index in [1.807, 2.05) is 74.5 Å². The third-order valence-corrected chi connectivity index (χ3v) is 5.46. The molecular formula is C25H24N4O2S. The number of nitrogens with one attached hydrogen (secondary N) is 3. The fourth-order valence-corrected chi connectivity index (χ4v) is 3.87. The Morgan fingerprint density at radius 1 is 0.938 bits per heavy atom. The van der Waals surface area contributed by atoms with Crippen LogP contribution < -0.4 is 20.9 Å². The second kappa shape index (κ2) is 9.11. The number of thiocarbonyl (C=S) groups is 1. The monoisotopic (exact) mass is 444 g/mol. The number of aryl methyl sites for hydroxylation is 1. The van der Waals surface area contributed by atoms with E-state index in [9.17, 15) is 4.79 Å². The van der Waals surface area contributed by atoms with Gasteiger partial charge in [0.1, 0.15) is 5.75 Å². The van der Waals surface area contributed by atoms with Crippen molar-refractivity contribution in [3.05, 3.63) is 89.6 Å². The highest BCUT2D eigenvalue weighted by molar-refractivity contribution is 7.80. The van der Waals surface area contributed by atoms with Crippen LogP contribution in [0.3, 0.4) is 0 Å². The van der Waals surface area contributed by atoms with Gasteiger partial charge in [0.2, 0.25) is 0 Å². The Kier molecular flexibility index (Phi) is 6.09. The molecule has 0 aliphatic heterocycles.